The van der Waals surface area contributed by atoms with Gasteiger partial charge in [-0.1, -0.05) is 69.6 Å². The lowest BCUT2D eigenvalue weighted by Gasteiger charge is -2.23. The van der Waals surface area contributed by atoms with Crippen LogP contribution >= 0.6 is 7.60 Å². The Balaban J connectivity index is 1.98. The van der Waals surface area contributed by atoms with Crippen LogP contribution in [0.3, 0.4) is 0 Å². The minimum atomic E-state index is -3.07. The average Bonchev–Trinajstić information content (AvgIpc) is 2.53. The lowest BCUT2D eigenvalue weighted by Crippen LogP contribution is -2.12. The monoisotopic (exact) mass is 338 g/mol. The summed E-state index contributed by atoms with van der Waals surface area (Å²) < 4.78 is 24.9. The van der Waals surface area contributed by atoms with Gasteiger partial charge < -0.3 is 4.52 Å². The second-order valence-electron chi connectivity index (χ2n) is 6.63. The third kappa shape index (κ3) is 7.54. The molecule has 0 amide bonds. The number of hydrogen-bond acceptors (Lipinski definition) is 3. The highest BCUT2D eigenvalue weighted by molar-refractivity contribution is 7.54. The molecule has 1 aromatic carbocycles. The topological polar surface area (TPSA) is 35.5 Å². The molecule has 0 N–H and O–H groups in total. The molecule has 2 atom stereocenters. The molecule has 1 saturated heterocycles. The van der Waals surface area contributed by atoms with Gasteiger partial charge in [0.2, 0.25) is 0 Å². The smallest absolute Gasteiger partial charge is 0.379 e. The highest BCUT2D eigenvalue weighted by atomic mass is 31.2. The van der Waals surface area contributed by atoms with Crippen molar-refractivity contribution in [2.45, 2.75) is 77.2 Å². The van der Waals surface area contributed by atoms with Crippen LogP contribution in [0.4, 0.5) is 0 Å². The Morgan fingerprint density at radius 3 is 2.13 bits per heavy atom. The zero-order valence-corrected chi connectivity index (χ0v) is 15.3. The largest absolute Gasteiger partial charge is 0.424 e. The van der Waals surface area contributed by atoms with E-state index in [1.807, 2.05) is 37.3 Å². The molecule has 0 radical (unpaired) electrons. The third-order valence-electron chi connectivity index (χ3n) is 4.37. The fourth-order valence-electron chi connectivity index (χ4n) is 3.06. The maximum Gasteiger partial charge on any atom is 0.379 e. The maximum atomic E-state index is 13.2. The molecule has 1 aliphatic heterocycles. The van der Waals surface area contributed by atoms with Gasteiger partial charge in [0.15, 0.2) is 0 Å². The first-order valence-electron chi connectivity index (χ1n) is 9.20. The van der Waals surface area contributed by atoms with Gasteiger partial charge in [-0.15, -0.1) is 0 Å². The average molecular weight is 338 g/mol. The van der Waals surface area contributed by atoms with E-state index in [0.29, 0.717) is 11.9 Å². The van der Waals surface area contributed by atoms with Crippen LogP contribution in [0.25, 0.3) is 0 Å². The molecule has 1 aromatic rings. The SMILES string of the molecule is CC1CCCCCCCCCCCP(=O)(Oc2ccccc2)O1. The van der Waals surface area contributed by atoms with Crippen molar-refractivity contribution in [3.8, 4) is 5.75 Å². The molecule has 130 valence electrons. The van der Waals surface area contributed by atoms with Crippen LogP contribution in [0.15, 0.2) is 30.3 Å². The van der Waals surface area contributed by atoms with Gasteiger partial charge >= 0.3 is 7.60 Å². The Kier molecular flexibility index (Phi) is 8.19. The summed E-state index contributed by atoms with van der Waals surface area (Å²) >= 11 is 0. The predicted octanol–water partition coefficient (Wildman–Crippen LogP) is 6.58. The molecule has 0 aliphatic carbocycles. The number of para-hydroxylation sites is 1. The molecule has 1 aliphatic rings. The highest BCUT2D eigenvalue weighted by Gasteiger charge is 2.28. The van der Waals surface area contributed by atoms with Crippen LogP contribution < -0.4 is 4.52 Å². The van der Waals surface area contributed by atoms with Crippen LogP contribution in [0.1, 0.15) is 71.1 Å². The minimum Gasteiger partial charge on any atom is -0.424 e. The van der Waals surface area contributed by atoms with Gasteiger partial charge in [0, 0.05) is 0 Å². The van der Waals surface area contributed by atoms with E-state index in [1.54, 1.807) is 0 Å². The lowest BCUT2D eigenvalue weighted by atomic mass is 10.1. The van der Waals surface area contributed by atoms with Gasteiger partial charge in [-0.2, -0.15) is 0 Å². The Bertz CT molecular complexity index is 475. The Morgan fingerprint density at radius 1 is 0.913 bits per heavy atom. The minimum absolute atomic E-state index is 0.00696. The Labute approximate surface area is 141 Å². The van der Waals surface area contributed by atoms with E-state index in [2.05, 4.69) is 0 Å². The van der Waals surface area contributed by atoms with Crippen LogP contribution in [0.5, 0.6) is 5.75 Å². The Hall–Kier alpha value is -0.790. The first-order chi connectivity index (χ1) is 11.2. The Morgan fingerprint density at radius 2 is 1.48 bits per heavy atom. The van der Waals surface area contributed by atoms with Gasteiger partial charge in [-0.25, -0.2) is 4.57 Å². The van der Waals surface area contributed by atoms with Gasteiger partial charge in [0.05, 0.1) is 12.3 Å². The van der Waals surface area contributed by atoms with E-state index in [9.17, 15) is 4.57 Å². The molecule has 2 rings (SSSR count). The fraction of sp³-hybridized carbons (Fsp3) is 0.684. The lowest BCUT2D eigenvalue weighted by molar-refractivity contribution is 0.180. The van der Waals surface area contributed by atoms with Crippen LogP contribution in [-0.2, 0) is 9.09 Å². The molecule has 3 nitrogen and oxygen atoms in total. The summed E-state index contributed by atoms with van der Waals surface area (Å²) in [7, 11) is -3.07. The number of benzene rings is 1. The molecule has 1 heterocycles. The van der Waals surface area contributed by atoms with Crippen LogP contribution in [0.2, 0.25) is 0 Å². The van der Waals surface area contributed by atoms with Crippen molar-refractivity contribution < 1.29 is 13.6 Å². The normalized spacial score (nSPS) is 28.7. The molecule has 2 unspecified atom stereocenters. The van der Waals surface area contributed by atoms with E-state index in [1.165, 1.54) is 38.5 Å². The molecule has 23 heavy (non-hydrogen) atoms. The fourth-order valence-corrected chi connectivity index (χ4v) is 5.01. The van der Waals surface area contributed by atoms with Crippen molar-refractivity contribution >= 4 is 7.60 Å². The molecule has 1 fully saturated rings. The molecule has 0 spiro atoms. The van der Waals surface area contributed by atoms with Crippen molar-refractivity contribution in [1.29, 1.82) is 0 Å². The van der Waals surface area contributed by atoms with E-state index in [4.69, 9.17) is 9.05 Å². The summed E-state index contributed by atoms with van der Waals surface area (Å²) in [4.78, 5) is 0. The molecule has 0 aromatic heterocycles. The van der Waals surface area contributed by atoms with Crippen LogP contribution in [-0.4, -0.2) is 12.3 Å². The predicted molar refractivity (Wildman–Crippen MR) is 96.3 cm³/mol. The molecule has 0 saturated carbocycles. The van der Waals surface area contributed by atoms with Crippen molar-refractivity contribution in [3.05, 3.63) is 30.3 Å². The highest BCUT2D eigenvalue weighted by Crippen LogP contribution is 2.50. The van der Waals surface area contributed by atoms with Crippen molar-refractivity contribution in [2.24, 2.45) is 0 Å². The number of rotatable bonds is 2. The molecule has 0 bridgehead atoms. The van der Waals surface area contributed by atoms with E-state index in [-0.39, 0.29) is 6.10 Å². The maximum absolute atomic E-state index is 13.2. The van der Waals surface area contributed by atoms with Crippen LogP contribution in [0, 0.1) is 0 Å². The first-order valence-corrected chi connectivity index (χ1v) is 10.9. The van der Waals surface area contributed by atoms with Crippen molar-refractivity contribution in [2.75, 3.05) is 6.16 Å². The van der Waals surface area contributed by atoms with Crippen molar-refractivity contribution in [1.82, 2.24) is 0 Å². The molecular weight excluding hydrogens is 307 g/mol. The zero-order valence-electron chi connectivity index (χ0n) is 14.4. The van der Waals surface area contributed by atoms with Gasteiger partial charge in [-0.05, 0) is 31.9 Å². The molecule has 4 heteroatoms. The van der Waals surface area contributed by atoms with Gasteiger partial charge in [0.1, 0.15) is 5.75 Å². The van der Waals surface area contributed by atoms with Gasteiger partial charge in [-0.3, -0.25) is 4.52 Å². The molecular formula is C19H31O3P. The second kappa shape index (κ2) is 10.2. The van der Waals surface area contributed by atoms with Crippen molar-refractivity contribution in [3.63, 3.8) is 0 Å². The quantitative estimate of drug-likeness (QED) is 0.571. The first kappa shape index (κ1) is 18.5. The third-order valence-corrected chi connectivity index (χ3v) is 6.40. The summed E-state index contributed by atoms with van der Waals surface area (Å²) in [5, 5.41) is 0. The van der Waals surface area contributed by atoms with E-state index < -0.39 is 7.60 Å². The van der Waals surface area contributed by atoms with Gasteiger partial charge in [0.25, 0.3) is 0 Å². The summed E-state index contributed by atoms with van der Waals surface area (Å²) in [6.07, 6.45) is 12.4. The standard InChI is InChI=1S/C19H31O3P/c1-18-14-10-7-5-3-2-4-6-8-13-17-23(20,21-18)22-19-15-11-9-12-16-19/h9,11-12,15-16,18H,2-8,10,13-14,17H2,1H3. The van der Waals surface area contributed by atoms with E-state index >= 15 is 0 Å². The van der Waals surface area contributed by atoms with E-state index in [0.717, 1.165) is 25.7 Å². The summed E-state index contributed by atoms with van der Waals surface area (Å²) in [5.41, 5.74) is 0. The second-order valence-corrected chi connectivity index (χ2v) is 8.69. The summed E-state index contributed by atoms with van der Waals surface area (Å²) in [5.74, 6) is 0.643. The summed E-state index contributed by atoms with van der Waals surface area (Å²) in [6.45, 7) is 2.02. The summed E-state index contributed by atoms with van der Waals surface area (Å²) in [6, 6.07) is 9.42. The zero-order chi connectivity index (χ0) is 16.4. The number of hydrogen-bond donors (Lipinski definition) is 0.